The number of carbonyl (C=O) groups excluding carboxylic acids is 1. The first kappa shape index (κ1) is 47.3. The van der Waals surface area contributed by atoms with E-state index in [1.807, 2.05) is 51.1 Å². The predicted octanol–water partition coefficient (Wildman–Crippen LogP) is 10.7. The fourth-order valence-corrected chi connectivity index (χ4v) is 6.80. The van der Waals surface area contributed by atoms with Crippen LogP contribution in [0.2, 0.25) is 5.02 Å². The van der Waals surface area contributed by atoms with Gasteiger partial charge in [-0.1, -0.05) is 90.5 Å². The van der Waals surface area contributed by atoms with Gasteiger partial charge < -0.3 is 37.9 Å². The Morgan fingerprint density at radius 1 is 0.745 bits per heavy atom. The highest BCUT2D eigenvalue weighted by atomic mass is 35.5. The Labute approximate surface area is 337 Å². The van der Waals surface area contributed by atoms with Gasteiger partial charge in [-0.15, -0.1) is 0 Å². The maximum absolute atomic E-state index is 15.1. The number of rotatable bonds is 30. The summed E-state index contributed by atoms with van der Waals surface area (Å²) in [5.41, 5.74) is 1.02. The molecule has 312 valence electrons. The molecule has 0 radical (unpaired) electrons. The first-order valence-electron chi connectivity index (χ1n) is 21.0. The molecular formula is C45H71ClO9. The zero-order valence-corrected chi connectivity index (χ0v) is 35.9. The summed E-state index contributed by atoms with van der Waals surface area (Å²) in [6.07, 6.45) is 5.88. The number of halogens is 1. The summed E-state index contributed by atoms with van der Waals surface area (Å²) in [4.78, 5) is 15.1. The maximum Gasteiger partial charge on any atom is 0.194 e. The highest BCUT2D eigenvalue weighted by Crippen LogP contribution is 2.40. The van der Waals surface area contributed by atoms with Crippen molar-refractivity contribution in [3.63, 3.8) is 0 Å². The molecule has 1 heterocycles. The minimum atomic E-state index is -1.05. The van der Waals surface area contributed by atoms with Gasteiger partial charge in [-0.05, 0) is 88.8 Å². The van der Waals surface area contributed by atoms with Gasteiger partial charge >= 0.3 is 0 Å². The van der Waals surface area contributed by atoms with E-state index in [2.05, 4.69) is 34.6 Å². The molecule has 2 aromatic rings. The smallest absolute Gasteiger partial charge is 0.194 e. The van der Waals surface area contributed by atoms with Crippen molar-refractivity contribution in [2.75, 3.05) is 52.9 Å². The molecule has 1 saturated heterocycles. The molecule has 10 heteroatoms. The Morgan fingerprint density at radius 2 is 1.33 bits per heavy atom. The summed E-state index contributed by atoms with van der Waals surface area (Å²) in [5, 5.41) is 0.508. The molecular weight excluding hydrogens is 720 g/mol. The van der Waals surface area contributed by atoms with Crippen LogP contribution in [0.4, 0.5) is 0 Å². The third kappa shape index (κ3) is 14.7. The minimum absolute atomic E-state index is 0.219. The molecule has 1 aliphatic heterocycles. The van der Waals surface area contributed by atoms with E-state index in [4.69, 9.17) is 49.5 Å². The van der Waals surface area contributed by atoms with E-state index in [9.17, 15) is 0 Å². The van der Waals surface area contributed by atoms with Crippen molar-refractivity contribution >= 4 is 17.4 Å². The van der Waals surface area contributed by atoms with E-state index in [1.54, 1.807) is 12.1 Å². The summed E-state index contributed by atoms with van der Waals surface area (Å²) in [6.45, 7) is 19.7. The van der Waals surface area contributed by atoms with Crippen LogP contribution >= 0.6 is 11.6 Å². The van der Waals surface area contributed by atoms with Crippen LogP contribution in [0.15, 0.2) is 42.5 Å². The molecule has 0 aromatic heterocycles. The third-order valence-electron chi connectivity index (χ3n) is 9.71. The molecule has 5 atom stereocenters. The second kappa shape index (κ2) is 25.3. The zero-order chi connectivity index (χ0) is 40.1. The summed E-state index contributed by atoms with van der Waals surface area (Å²) in [7, 11) is 0. The average Bonchev–Trinajstić information content (AvgIpc) is 3.50. The summed E-state index contributed by atoms with van der Waals surface area (Å²) in [6, 6.07) is 13.3. The largest absolute Gasteiger partial charge is 0.494 e. The third-order valence-corrected chi connectivity index (χ3v) is 10.1. The Hall–Kier alpha value is -2.08. The number of ketones is 1. The minimum Gasteiger partial charge on any atom is -0.494 e. The van der Waals surface area contributed by atoms with E-state index < -0.39 is 35.8 Å². The van der Waals surface area contributed by atoms with Gasteiger partial charge in [0.05, 0.1) is 19.8 Å². The normalized spacial score (nSPS) is 18.9. The van der Waals surface area contributed by atoms with Crippen molar-refractivity contribution in [1.29, 1.82) is 0 Å². The second-order valence-electron chi connectivity index (χ2n) is 14.9. The zero-order valence-electron chi connectivity index (χ0n) is 35.1. The topological polar surface area (TPSA) is 90.9 Å². The lowest BCUT2D eigenvalue weighted by molar-refractivity contribution is -0.239. The van der Waals surface area contributed by atoms with Crippen LogP contribution in [0.3, 0.4) is 0 Å². The first-order valence-corrected chi connectivity index (χ1v) is 21.4. The molecule has 2 unspecified atom stereocenters. The lowest BCUT2D eigenvalue weighted by Gasteiger charge is -2.42. The van der Waals surface area contributed by atoms with E-state index in [1.165, 1.54) is 0 Å². The molecule has 9 nitrogen and oxygen atoms in total. The SMILES string of the molecule is CCCCOCC1([C@@H](OCCCC)[C@H](OCCCC)[C@@H](OCCCC)C(=O)c2ccc(Cl)c(C(OCCCC)c3ccc(OCC)cc3)c2)COC(C)(C)O1. The Kier molecular flexibility index (Phi) is 21.8. The molecule has 0 bridgehead atoms. The Bertz CT molecular complexity index is 1350. The predicted molar refractivity (Wildman–Crippen MR) is 220 cm³/mol. The Morgan fingerprint density at radius 3 is 1.91 bits per heavy atom. The van der Waals surface area contributed by atoms with Crippen molar-refractivity contribution in [1.82, 2.24) is 0 Å². The van der Waals surface area contributed by atoms with Crippen LogP contribution in [0.1, 0.15) is 147 Å². The van der Waals surface area contributed by atoms with E-state index in [-0.39, 0.29) is 19.0 Å². The molecule has 0 N–H and O–H groups in total. The summed E-state index contributed by atoms with van der Waals surface area (Å²) >= 11 is 6.96. The second-order valence-corrected chi connectivity index (χ2v) is 15.4. The number of Topliss-reactive ketones (excluding diaryl/α,β-unsaturated/α-hetero) is 1. The number of unbranched alkanes of at least 4 members (excludes halogenated alkanes) is 5. The lowest BCUT2D eigenvalue weighted by Crippen LogP contribution is -2.61. The van der Waals surface area contributed by atoms with Crippen molar-refractivity contribution in [2.24, 2.45) is 0 Å². The van der Waals surface area contributed by atoms with Crippen LogP contribution in [0, 0.1) is 0 Å². The van der Waals surface area contributed by atoms with E-state index in [0.717, 1.165) is 75.5 Å². The molecule has 0 amide bonds. The summed E-state index contributed by atoms with van der Waals surface area (Å²) < 4.78 is 51.8. The number of hydrogen-bond donors (Lipinski definition) is 0. The average molecular weight is 792 g/mol. The van der Waals surface area contributed by atoms with Gasteiger partial charge in [-0.25, -0.2) is 0 Å². The van der Waals surface area contributed by atoms with Crippen LogP contribution in [-0.4, -0.2) is 88.3 Å². The molecule has 2 aromatic carbocycles. The van der Waals surface area contributed by atoms with Gasteiger partial charge in [0.15, 0.2) is 11.6 Å². The van der Waals surface area contributed by atoms with Crippen molar-refractivity contribution in [2.45, 2.75) is 155 Å². The molecule has 0 saturated carbocycles. The lowest BCUT2D eigenvalue weighted by atomic mass is 9.87. The van der Waals surface area contributed by atoms with E-state index >= 15 is 4.79 Å². The van der Waals surface area contributed by atoms with Gasteiger partial charge in [-0.3, -0.25) is 4.79 Å². The molecule has 0 aliphatic carbocycles. The number of benzene rings is 2. The molecule has 1 fully saturated rings. The van der Waals surface area contributed by atoms with Crippen molar-refractivity contribution < 1.29 is 42.7 Å². The summed E-state index contributed by atoms with van der Waals surface area (Å²) in [5.74, 6) is -0.340. The fourth-order valence-electron chi connectivity index (χ4n) is 6.58. The quantitative estimate of drug-likeness (QED) is 0.0566. The standard InChI is InChI=1S/C45H71ClO9/c1-9-15-26-48-32-45(33-54-44(7,8)55-45)43(53-30-19-13-5)42(52-29-18-12-4)41(51-28-17-11-3)39(47)35-22-25-38(46)37(31-35)40(50-27-16-10-2)34-20-23-36(24-21-34)49-14-6/h20-25,31,40-43H,9-19,26-30,32-33H2,1-8H3/t40?,41-,42+,43-,45?/m0/s1. The van der Waals surface area contributed by atoms with Gasteiger partial charge in [0.25, 0.3) is 0 Å². The van der Waals surface area contributed by atoms with Crippen LogP contribution in [-0.2, 0) is 33.2 Å². The van der Waals surface area contributed by atoms with Crippen LogP contribution < -0.4 is 4.74 Å². The highest BCUT2D eigenvalue weighted by Gasteiger charge is 2.57. The molecule has 1 aliphatic rings. The maximum atomic E-state index is 15.1. The highest BCUT2D eigenvalue weighted by molar-refractivity contribution is 6.31. The van der Waals surface area contributed by atoms with Gasteiger partial charge in [0, 0.05) is 49.2 Å². The fraction of sp³-hybridized carbons (Fsp3) is 0.711. The Balaban J connectivity index is 2.16. The molecule has 0 spiro atoms. The molecule has 55 heavy (non-hydrogen) atoms. The first-order chi connectivity index (χ1) is 26.6. The van der Waals surface area contributed by atoms with Gasteiger partial charge in [0.1, 0.15) is 35.8 Å². The van der Waals surface area contributed by atoms with Gasteiger partial charge in [-0.2, -0.15) is 0 Å². The van der Waals surface area contributed by atoms with E-state index in [0.29, 0.717) is 55.8 Å². The number of ether oxygens (including phenoxy) is 8. The molecule has 3 rings (SSSR count). The van der Waals surface area contributed by atoms with Crippen LogP contribution in [0.25, 0.3) is 0 Å². The van der Waals surface area contributed by atoms with Gasteiger partial charge in [0.2, 0.25) is 0 Å². The monoisotopic (exact) mass is 790 g/mol. The van der Waals surface area contributed by atoms with Crippen LogP contribution in [0.5, 0.6) is 5.75 Å². The number of hydrogen-bond acceptors (Lipinski definition) is 9. The number of carbonyl (C=O) groups is 1. The van der Waals surface area contributed by atoms with Crippen molar-refractivity contribution in [3.05, 3.63) is 64.2 Å². The van der Waals surface area contributed by atoms with Crippen molar-refractivity contribution in [3.8, 4) is 5.75 Å².